The van der Waals surface area contributed by atoms with Gasteiger partial charge in [-0.2, -0.15) is 0 Å². The van der Waals surface area contributed by atoms with Gasteiger partial charge in [0.05, 0.1) is 0 Å². The third-order valence-electron chi connectivity index (χ3n) is 2.53. The van der Waals surface area contributed by atoms with Crippen LogP contribution in [0, 0.1) is 6.92 Å². The fraction of sp³-hybridized carbons (Fsp3) is 0.600. The van der Waals surface area contributed by atoms with Gasteiger partial charge in [0.25, 0.3) is 0 Å². The Bertz CT molecular complexity index is 291. The molecule has 1 aliphatic heterocycles. The van der Waals surface area contributed by atoms with Crippen molar-refractivity contribution in [3.05, 3.63) is 34.9 Å². The summed E-state index contributed by atoms with van der Waals surface area (Å²) in [4.78, 5) is 0. The lowest BCUT2D eigenvalue weighted by molar-refractivity contribution is 0.513. The first-order valence-corrected chi connectivity index (χ1v) is 6.57. The van der Waals surface area contributed by atoms with E-state index < -0.39 is 0 Å². The minimum Gasteiger partial charge on any atom is -0.310 e. The Kier molecular flexibility index (Phi) is 7.92. The quantitative estimate of drug-likeness (QED) is 0.696. The van der Waals surface area contributed by atoms with Crippen LogP contribution in [0.3, 0.4) is 0 Å². The number of aryl methyl sites for hydroxylation is 1. The summed E-state index contributed by atoms with van der Waals surface area (Å²) in [5.41, 5.74) is 4.38. The maximum absolute atomic E-state index is 3.46. The van der Waals surface area contributed by atoms with Crippen molar-refractivity contribution in [2.75, 3.05) is 0 Å². The second kappa shape index (κ2) is 8.35. The fourth-order valence-corrected chi connectivity index (χ4v) is 1.80. The molecule has 1 aliphatic rings. The van der Waals surface area contributed by atoms with Gasteiger partial charge < -0.3 is 5.32 Å². The number of hydrogen-bond donors (Lipinski definition) is 1. The van der Waals surface area contributed by atoms with E-state index in [0.29, 0.717) is 6.04 Å². The zero-order valence-corrected chi connectivity index (χ0v) is 11.7. The van der Waals surface area contributed by atoms with Crippen LogP contribution >= 0.6 is 0 Å². The van der Waals surface area contributed by atoms with E-state index in [0.717, 1.165) is 6.54 Å². The number of fused-ring (bicyclic) bond motifs is 1. The molecule has 0 radical (unpaired) electrons. The van der Waals surface area contributed by atoms with Crippen LogP contribution in [0.2, 0.25) is 0 Å². The number of benzene rings is 1. The fourth-order valence-electron chi connectivity index (χ4n) is 1.80. The summed E-state index contributed by atoms with van der Waals surface area (Å²) in [7, 11) is 0. The molecule has 92 valence electrons. The highest BCUT2D eigenvalue weighted by molar-refractivity contribution is 5.33. The second-order valence-electron chi connectivity index (χ2n) is 3.76. The molecule has 0 saturated carbocycles. The van der Waals surface area contributed by atoms with Crippen LogP contribution in [0.15, 0.2) is 18.2 Å². The van der Waals surface area contributed by atoms with Gasteiger partial charge >= 0.3 is 0 Å². The Balaban J connectivity index is 0.000000509. The molecule has 1 aromatic carbocycles. The molecule has 0 spiro atoms. The second-order valence-corrected chi connectivity index (χ2v) is 3.76. The Morgan fingerprint density at radius 2 is 1.69 bits per heavy atom. The molecule has 0 fully saturated rings. The van der Waals surface area contributed by atoms with Crippen LogP contribution in [0.25, 0.3) is 0 Å². The summed E-state index contributed by atoms with van der Waals surface area (Å²) in [6.45, 7) is 13.4. The Morgan fingerprint density at radius 1 is 1.06 bits per heavy atom. The molecule has 0 amide bonds. The molecule has 0 aliphatic carbocycles. The minimum atomic E-state index is 0.638. The van der Waals surface area contributed by atoms with Gasteiger partial charge in [0.1, 0.15) is 0 Å². The molecule has 1 atom stereocenters. The first-order chi connectivity index (χ1) is 7.75. The van der Waals surface area contributed by atoms with Crippen LogP contribution in [0.4, 0.5) is 0 Å². The number of nitrogens with one attached hydrogen (secondary N) is 1. The average Bonchev–Trinajstić information content (AvgIpc) is 2.33. The lowest BCUT2D eigenvalue weighted by atomic mass is 9.95. The highest BCUT2D eigenvalue weighted by Crippen LogP contribution is 2.17. The predicted molar refractivity (Wildman–Crippen MR) is 73.9 cm³/mol. The predicted octanol–water partition coefficient (Wildman–Crippen LogP) is 4.08. The van der Waals surface area contributed by atoms with Crippen molar-refractivity contribution in [3.8, 4) is 0 Å². The van der Waals surface area contributed by atoms with Gasteiger partial charge in [-0.1, -0.05) is 51.5 Å². The van der Waals surface area contributed by atoms with Crippen LogP contribution in [-0.2, 0) is 13.0 Å². The lowest BCUT2D eigenvalue weighted by Gasteiger charge is -2.23. The van der Waals surface area contributed by atoms with E-state index in [9.17, 15) is 0 Å². The van der Waals surface area contributed by atoms with Gasteiger partial charge in [0.15, 0.2) is 0 Å². The molecule has 1 heterocycles. The summed E-state index contributed by atoms with van der Waals surface area (Å²) in [6.07, 6.45) is 1.18. The molecule has 1 nitrogen and oxygen atoms in total. The van der Waals surface area contributed by atoms with E-state index >= 15 is 0 Å². The summed E-state index contributed by atoms with van der Waals surface area (Å²) < 4.78 is 0. The summed E-state index contributed by atoms with van der Waals surface area (Å²) in [5, 5.41) is 3.46. The highest BCUT2D eigenvalue weighted by Gasteiger charge is 2.13. The average molecular weight is 221 g/mol. The molecule has 0 bridgehead atoms. The molecule has 0 aromatic heterocycles. The highest BCUT2D eigenvalue weighted by atomic mass is 14.9. The maximum Gasteiger partial charge on any atom is 0.0210 e. The van der Waals surface area contributed by atoms with Crippen molar-refractivity contribution in [1.82, 2.24) is 5.32 Å². The van der Waals surface area contributed by atoms with Crippen molar-refractivity contribution >= 4 is 0 Å². The summed E-state index contributed by atoms with van der Waals surface area (Å²) >= 11 is 0. The monoisotopic (exact) mass is 221 g/mol. The summed E-state index contributed by atoms with van der Waals surface area (Å²) in [5.74, 6) is 0. The largest absolute Gasteiger partial charge is 0.310 e. The molecule has 16 heavy (non-hydrogen) atoms. The van der Waals surface area contributed by atoms with Gasteiger partial charge in [-0.3, -0.25) is 0 Å². The van der Waals surface area contributed by atoms with Crippen LogP contribution < -0.4 is 5.32 Å². The van der Waals surface area contributed by atoms with E-state index in [4.69, 9.17) is 0 Å². The Morgan fingerprint density at radius 3 is 2.31 bits per heavy atom. The summed E-state index contributed by atoms with van der Waals surface area (Å²) in [6, 6.07) is 7.38. The minimum absolute atomic E-state index is 0.638. The standard InChI is InChI=1S/C11H15N.2C2H6/c1-8-3-4-10-7-12-9(2)6-11(10)5-8;2*1-2/h3-5,9,12H,6-7H2,1-2H3;2*1-2H3. The van der Waals surface area contributed by atoms with Gasteiger partial charge in [-0.15, -0.1) is 0 Å². The topological polar surface area (TPSA) is 12.0 Å². The molecular weight excluding hydrogens is 194 g/mol. The van der Waals surface area contributed by atoms with E-state index in [1.165, 1.54) is 23.1 Å². The van der Waals surface area contributed by atoms with Crippen LogP contribution in [-0.4, -0.2) is 6.04 Å². The normalized spacial score (nSPS) is 17.2. The van der Waals surface area contributed by atoms with E-state index in [1.54, 1.807) is 0 Å². The van der Waals surface area contributed by atoms with Gasteiger partial charge in [-0.05, 0) is 31.4 Å². The molecule has 1 unspecified atom stereocenters. The number of hydrogen-bond acceptors (Lipinski definition) is 1. The van der Waals surface area contributed by atoms with E-state index in [2.05, 4.69) is 37.4 Å². The van der Waals surface area contributed by atoms with Crippen molar-refractivity contribution < 1.29 is 0 Å². The van der Waals surface area contributed by atoms with Crippen molar-refractivity contribution in [1.29, 1.82) is 0 Å². The third-order valence-corrected chi connectivity index (χ3v) is 2.53. The molecular formula is C15H27N. The zero-order chi connectivity index (χ0) is 12.6. The van der Waals surface area contributed by atoms with Crippen molar-refractivity contribution in [3.63, 3.8) is 0 Å². The van der Waals surface area contributed by atoms with Crippen LogP contribution in [0.5, 0.6) is 0 Å². The zero-order valence-electron chi connectivity index (χ0n) is 11.7. The van der Waals surface area contributed by atoms with Gasteiger partial charge in [0, 0.05) is 12.6 Å². The maximum atomic E-state index is 3.46. The SMILES string of the molecule is CC.CC.Cc1ccc2c(c1)CC(C)NC2. The van der Waals surface area contributed by atoms with Crippen molar-refractivity contribution in [2.24, 2.45) is 0 Å². The number of rotatable bonds is 0. The molecule has 1 N–H and O–H groups in total. The Hall–Kier alpha value is -0.820. The smallest absolute Gasteiger partial charge is 0.0210 e. The van der Waals surface area contributed by atoms with Gasteiger partial charge in [0.2, 0.25) is 0 Å². The first kappa shape index (κ1) is 15.2. The van der Waals surface area contributed by atoms with Crippen LogP contribution in [0.1, 0.15) is 51.3 Å². The lowest BCUT2D eigenvalue weighted by Crippen LogP contribution is -2.32. The van der Waals surface area contributed by atoms with Gasteiger partial charge in [-0.25, -0.2) is 0 Å². The molecule has 0 saturated heterocycles. The Labute approximate surface area is 101 Å². The molecule has 1 aromatic rings. The van der Waals surface area contributed by atoms with Crippen molar-refractivity contribution in [2.45, 2.75) is 60.5 Å². The molecule has 1 heteroatoms. The molecule has 2 rings (SSSR count). The van der Waals surface area contributed by atoms with E-state index in [-0.39, 0.29) is 0 Å². The third kappa shape index (κ3) is 4.36. The van der Waals surface area contributed by atoms with E-state index in [1.807, 2.05) is 27.7 Å². The first-order valence-electron chi connectivity index (χ1n) is 6.57.